The average molecular weight is 499 g/mol. The van der Waals surface area contributed by atoms with Gasteiger partial charge in [-0.3, -0.25) is 0 Å². The van der Waals surface area contributed by atoms with Crippen LogP contribution in [-0.4, -0.2) is 55.7 Å². The Morgan fingerprint density at radius 2 is 1.00 bits per heavy atom. The van der Waals surface area contributed by atoms with Crippen LogP contribution in [0.25, 0.3) is 0 Å². The van der Waals surface area contributed by atoms with E-state index < -0.39 is 0 Å². The summed E-state index contributed by atoms with van der Waals surface area (Å²) in [6.07, 6.45) is 0. The van der Waals surface area contributed by atoms with E-state index in [4.69, 9.17) is 0 Å². The first kappa shape index (κ1) is 17.5. The Balaban J connectivity index is 2.12. The molecular formula is C17H22B2N4Pt. The van der Waals surface area contributed by atoms with Crippen molar-refractivity contribution in [1.29, 1.82) is 0 Å². The molecule has 0 atom stereocenters. The van der Waals surface area contributed by atoms with Crippen molar-refractivity contribution in [2.75, 3.05) is 37.8 Å². The van der Waals surface area contributed by atoms with Crippen LogP contribution in [0.3, 0.4) is 0 Å². The molecule has 1 aliphatic rings. The number of hydrogen-bond donors (Lipinski definition) is 0. The number of nitrogens with zero attached hydrogens (tertiary/aromatic N) is 4. The van der Waals surface area contributed by atoms with Gasteiger partial charge >= 0.3 is 157 Å². The minimum absolute atomic E-state index is 0.218. The number of para-hydroxylation sites is 2. The van der Waals surface area contributed by atoms with E-state index in [1.54, 1.807) is 0 Å². The zero-order valence-corrected chi connectivity index (χ0v) is 16.8. The molecule has 4 nitrogen and oxygen atoms in total. The molecule has 2 aromatic rings. The van der Waals surface area contributed by atoms with Gasteiger partial charge in [0, 0.05) is 0 Å². The summed E-state index contributed by atoms with van der Waals surface area (Å²) in [4.78, 5) is 9.41. The molecule has 0 saturated carbocycles. The molecular weight excluding hydrogens is 477 g/mol. The fourth-order valence-electron chi connectivity index (χ4n) is 3.26. The Hall–Kier alpha value is -1.35. The van der Waals surface area contributed by atoms with Gasteiger partial charge in [-0.05, 0) is 0 Å². The van der Waals surface area contributed by atoms with Crippen LogP contribution >= 0.6 is 0 Å². The van der Waals surface area contributed by atoms with E-state index in [2.05, 4.69) is 127 Å². The topological polar surface area (TPSA) is 13.0 Å². The van der Waals surface area contributed by atoms with Gasteiger partial charge in [0.15, 0.2) is 0 Å². The molecule has 0 aromatic heterocycles. The molecule has 0 bridgehead atoms. The minimum atomic E-state index is 0.218. The van der Waals surface area contributed by atoms with Crippen molar-refractivity contribution < 1.29 is 19.4 Å². The summed E-state index contributed by atoms with van der Waals surface area (Å²) >= 11 is 2.46. The molecule has 3 rings (SSSR count). The number of hydrogen-bond acceptors (Lipinski definition) is 4. The van der Waals surface area contributed by atoms with Gasteiger partial charge in [-0.25, -0.2) is 0 Å². The molecule has 1 fully saturated rings. The van der Waals surface area contributed by atoms with Gasteiger partial charge in [-0.2, -0.15) is 0 Å². The van der Waals surface area contributed by atoms with E-state index in [-0.39, 0.29) is 13.7 Å². The van der Waals surface area contributed by atoms with Gasteiger partial charge in [0.2, 0.25) is 0 Å². The second kappa shape index (κ2) is 7.26. The molecule has 7 heteroatoms. The van der Waals surface area contributed by atoms with Crippen LogP contribution in [0, 0.1) is 0 Å². The van der Waals surface area contributed by atoms with E-state index in [0.29, 0.717) is 0 Å². The van der Waals surface area contributed by atoms with Crippen molar-refractivity contribution in [2.24, 2.45) is 0 Å². The predicted molar refractivity (Wildman–Crippen MR) is 102 cm³/mol. The average Bonchev–Trinajstić information content (AvgIpc) is 2.90. The quantitative estimate of drug-likeness (QED) is 0.596. The third-order valence-electron chi connectivity index (χ3n) is 4.29. The number of benzene rings is 2. The van der Waals surface area contributed by atoms with Crippen LogP contribution in [-0.2, 0) is 19.4 Å². The second-order valence-corrected chi connectivity index (χ2v) is 7.42. The normalized spacial score (nSPS) is 15.2. The van der Waals surface area contributed by atoms with Crippen molar-refractivity contribution in [3.05, 3.63) is 60.7 Å². The molecule has 0 amide bonds. The zero-order valence-electron chi connectivity index (χ0n) is 14.5. The van der Waals surface area contributed by atoms with Crippen LogP contribution in [0.5, 0.6) is 0 Å². The van der Waals surface area contributed by atoms with Crippen molar-refractivity contribution in [3.8, 4) is 0 Å². The van der Waals surface area contributed by atoms with E-state index in [0.717, 1.165) is 0 Å². The van der Waals surface area contributed by atoms with Crippen LogP contribution in [0.2, 0.25) is 0 Å². The van der Waals surface area contributed by atoms with Gasteiger partial charge in [0.1, 0.15) is 0 Å². The van der Waals surface area contributed by atoms with E-state index in [9.17, 15) is 0 Å². The Morgan fingerprint density at radius 1 is 0.667 bits per heavy atom. The summed E-state index contributed by atoms with van der Waals surface area (Å²) in [7, 11) is 8.59. The van der Waals surface area contributed by atoms with E-state index >= 15 is 0 Å². The SMILES string of the molecule is CN(C)B1B(N(C)C)N(c2ccccc2)[C](=[Pt])N1c1ccccc1. The maximum atomic E-state index is 2.46. The molecule has 2 aromatic carbocycles. The van der Waals surface area contributed by atoms with Crippen LogP contribution in [0.1, 0.15) is 0 Å². The molecule has 0 spiro atoms. The first-order chi connectivity index (χ1) is 11.5. The Morgan fingerprint density at radius 3 is 1.29 bits per heavy atom. The molecule has 0 unspecified atom stereocenters. The molecule has 126 valence electrons. The second-order valence-electron chi connectivity index (χ2n) is 6.41. The number of rotatable bonds is 4. The fraction of sp³-hybridized carbons (Fsp3) is 0.235. The zero-order chi connectivity index (χ0) is 17.3. The van der Waals surface area contributed by atoms with Gasteiger partial charge in [-0.15, -0.1) is 0 Å². The molecule has 1 saturated heterocycles. The van der Waals surface area contributed by atoms with Crippen molar-refractivity contribution in [3.63, 3.8) is 0 Å². The molecule has 0 N–H and O–H groups in total. The maximum absolute atomic E-state index is 2.46. The van der Waals surface area contributed by atoms with Crippen molar-refractivity contribution >= 4 is 29.3 Å². The van der Waals surface area contributed by atoms with Crippen LogP contribution in [0.4, 0.5) is 11.4 Å². The summed E-state index contributed by atoms with van der Waals surface area (Å²) < 4.78 is 1.21. The monoisotopic (exact) mass is 499 g/mol. The summed E-state index contributed by atoms with van der Waals surface area (Å²) in [5, 5.41) is 0. The van der Waals surface area contributed by atoms with Gasteiger partial charge < -0.3 is 0 Å². The molecule has 1 aliphatic heterocycles. The fourth-order valence-corrected chi connectivity index (χ4v) is 4.45. The molecule has 0 radical (unpaired) electrons. The van der Waals surface area contributed by atoms with Crippen molar-refractivity contribution in [2.45, 2.75) is 0 Å². The molecule has 1 heterocycles. The van der Waals surface area contributed by atoms with Gasteiger partial charge in [-0.1, -0.05) is 0 Å². The summed E-state index contributed by atoms with van der Waals surface area (Å²) in [6.45, 7) is 0.435. The van der Waals surface area contributed by atoms with Crippen LogP contribution in [0.15, 0.2) is 60.7 Å². The molecule has 0 aliphatic carbocycles. The van der Waals surface area contributed by atoms with E-state index in [1.165, 1.54) is 15.5 Å². The standard InChI is InChI=1S/C17H22B2N4.Pt/c1-20(2)18-19(21(3)4)23(17-13-9-6-10-14-17)15-22(18)16-11-7-5-8-12-16;/h5-14H,1-4H3;. The summed E-state index contributed by atoms with van der Waals surface area (Å²) in [5.41, 5.74) is 2.43. The predicted octanol–water partition coefficient (Wildman–Crippen LogP) is 1.83. The Kier molecular flexibility index (Phi) is 5.29. The third kappa shape index (κ3) is 3.11. The summed E-state index contributed by atoms with van der Waals surface area (Å²) in [6, 6.07) is 21.2. The molecule has 24 heavy (non-hydrogen) atoms. The first-order valence-corrected chi connectivity index (χ1v) is 9.16. The summed E-state index contributed by atoms with van der Waals surface area (Å²) in [5.74, 6) is 0. The Bertz CT molecular complexity index is 637. The van der Waals surface area contributed by atoms with E-state index in [1.807, 2.05) is 0 Å². The first-order valence-electron chi connectivity index (χ1n) is 8.03. The van der Waals surface area contributed by atoms with Gasteiger partial charge in [0.05, 0.1) is 0 Å². The Labute approximate surface area is 156 Å². The number of anilines is 2. The van der Waals surface area contributed by atoms with Gasteiger partial charge in [0.25, 0.3) is 0 Å². The third-order valence-corrected chi connectivity index (χ3v) is 5.39. The van der Waals surface area contributed by atoms with Crippen molar-refractivity contribution in [1.82, 2.24) is 9.62 Å². The van der Waals surface area contributed by atoms with Crippen LogP contribution < -0.4 is 9.62 Å².